The Morgan fingerprint density at radius 1 is 1.03 bits per heavy atom. The lowest BCUT2D eigenvalue weighted by Crippen LogP contribution is -2.17. The first-order valence-electron chi connectivity index (χ1n) is 9.30. The maximum Gasteiger partial charge on any atom is 0.318 e. The minimum Gasteiger partial charge on any atom is -0.507 e. The predicted molar refractivity (Wildman–Crippen MR) is 129 cm³/mol. The van der Waals surface area contributed by atoms with Gasteiger partial charge in [0.05, 0.1) is 32.8 Å². The number of phenols is 1. The zero-order valence-corrected chi connectivity index (χ0v) is 19.5. The van der Waals surface area contributed by atoms with Crippen LogP contribution in [0.1, 0.15) is 15.9 Å². The molecule has 0 aliphatic rings. The summed E-state index contributed by atoms with van der Waals surface area (Å²) in [6.45, 7) is 0. The predicted octanol–water partition coefficient (Wildman–Crippen LogP) is 4.38. The third-order valence-electron chi connectivity index (χ3n) is 4.35. The summed E-state index contributed by atoms with van der Waals surface area (Å²) in [6, 6.07) is 12.0. The first-order chi connectivity index (χ1) is 16.2. The standard InChI is InChI=1S/C21H15IN4O8/c1-33-20-8-12(11-23-24-21(28)13-3-5-15(22)17(27)9-13)2-6-19(20)34-18-7-4-14(25(29)30)10-16(18)26(31)32/h2-11,27H,1H3,(H,24,28)/b23-11-. The molecule has 0 aliphatic heterocycles. The van der Waals surface area contributed by atoms with Crippen molar-refractivity contribution in [2.75, 3.05) is 7.11 Å². The number of non-ortho nitro benzene ring substituents is 1. The van der Waals surface area contributed by atoms with E-state index >= 15 is 0 Å². The molecule has 2 N–H and O–H groups in total. The van der Waals surface area contributed by atoms with Crippen molar-refractivity contribution in [2.45, 2.75) is 0 Å². The van der Waals surface area contributed by atoms with E-state index in [4.69, 9.17) is 9.47 Å². The van der Waals surface area contributed by atoms with Gasteiger partial charge < -0.3 is 14.6 Å². The summed E-state index contributed by atoms with van der Waals surface area (Å²) in [5, 5.41) is 35.8. The van der Waals surface area contributed by atoms with Gasteiger partial charge in [-0.2, -0.15) is 5.10 Å². The van der Waals surface area contributed by atoms with Crippen LogP contribution >= 0.6 is 22.6 Å². The van der Waals surface area contributed by atoms with Gasteiger partial charge in [0.2, 0.25) is 5.75 Å². The number of aromatic hydroxyl groups is 1. The van der Waals surface area contributed by atoms with Crippen molar-refractivity contribution in [1.29, 1.82) is 0 Å². The van der Waals surface area contributed by atoms with Crippen LogP contribution in [0.25, 0.3) is 0 Å². The number of carbonyl (C=O) groups is 1. The topological polar surface area (TPSA) is 166 Å². The highest BCUT2D eigenvalue weighted by Crippen LogP contribution is 2.38. The molecule has 0 saturated heterocycles. The van der Waals surface area contributed by atoms with Crippen molar-refractivity contribution in [3.05, 3.63) is 89.5 Å². The molecule has 13 heteroatoms. The van der Waals surface area contributed by atoms with Crippen LogP contribution in [-0.4, -0.2) is 34.2 Å². The lowest BCUT2D eigenvalue weighted by molar-refractivity contribution is -0.394. The summed E-state index contributed by atoms with van der Waals surface area (Å²) >= 11 is 1.93. The van der Waals surface area contributed by atoms with E-state index in [1.54, 1.807) is 18.2 Å². The van der Waals surface area contributed by atoms with Gasteiger partial charge >= 0.3 is 5.69 Å². The summed E-state index contributed by atoms with van der Waals surface area (Å²) in [5.41, 5.74) is 2.04. The van der Waals surface area contributed by atoms with E-state index in [0.717, 1.165) is 18.2 Å². The summed E-state index contributed by atoms with van der Waals surface area (Å²) in [5.74, 6) is -0.435. The monoisotopic (exact) mass is 578 g/mol. The highest BCUT2D eigenvalue weighted by molar-refractivity contribution is 14.1. The largest absolute Gasteiger partial charge is 0.507 e. The molecule has 0 heterocycles. The Balaban J connectivity index is 1.77. The number of nitro groups is 2. The number of nitrogens with zero attached hydrogens (tertiary/aromatic N) is 3. The third kappa shape index (κ3) is 5.74. The van der Waals surface area contributed by atoms with Gasteiger partial charge in [0, 0.05) is 11.6 Å². The molecule has 0 aliphatic carbocycles. The Kier molecular flexibility index (Phi) is 7.57. The Labute approximate surface area is 205 Å². The van der Waals surface area contributed by atoms with Crippen molar-refractivity contribution in [2.24, 2.45) is 5.10 Å². The van der Waals surface area contributed by atoms with Gasteiger partial charge in [-0.05, 0) is 70.6 Å². The molecule has 0 bridgehead atoms. The summed E-state index contributed by atoms with van der Waals surface area (Å²) < 4.78 is 11.4. The van der Waals surface area contributed by atoms with Crippen LogP contribution in [0.5, 0.6) is 23.0 Å². The molecule has 3 aromatic rings. The number of rotatable bonds is 8. The Bertz CT molecular complexity index is 1310. The van der Waals surface area contributed by atoms with Crippen LogP contribution in [0, 0.1) is 23.8 Å². The first-order valence-corrected chi connectivity index (χ1v) is 10.4. The van der Waals surface area contributed by atoms with Gasteiger partial charge in [0.1, 0.15) is 5.75 Å². The van der Waals surface area contributed by atoms with Crippen molar-refractivity contribution < 1.29 is 29.2 Å². The van der Waals surface area contributed by atoms with Gasteiger partial charge in [-0.3, -0.25) is 25.0 Å². The molecule has 12 nitrogen and oxygen atoms in total. The summed E-state index contributed by atoms with van der Waals surface area (Å²) in [7, 11) is 1.36. The van der Waals surface area contributed by atoms with Crippen LogP contribution in [0.4, 0.5) is 11.4 Å². The lowest BCUT2D eigenvalue weighted by Gasteiger charge is -2.11. The lowest BCUT2D eigenvalue weighted by atomic mass is 10.2. The number of ether oxygens (including phenoxy) is 2. The van der Waals surface area contributed by atoms with Crippen LogP contribution in [-0.2, 0) is 0 Å². The number of halogens is 1. The quantitative estimate of drug-likeness (QED) is 0.172. The molecule has 1 amide bonds. The molecule has 34 heavy (non-hydrogen) atoms. The molecule has 0 radical (unpaired) electrons. The fraction of sp³-hybridized carbons (Fsp3) is 0.0476. The van der Waals surface area contributed by atoms with Gasteiger partial charge in [0.25, 0.3) is 11.6 Å². The van der Waals surface area contributed by atoms with E-state index in [0.29, 0.717) is 9.13 Å². The maximum atomic E-state index is 12.2. The molecule has 0 unspecified atom stereocenters. The van der Waals surface area contributed by atoms with E-state index in [1.807, 2.05) is 22.6 Å². The number of hydrazone groups is 1. The van der Waals surface area contributed by atoms with Crippen LogP contribution in [0.15, 0.2) is 59.7 Å². The summed E-state index contributed by atoms with van der Waals surface area (Å²) in [4.78, 5) is 32.8. The van der Waals surface area contributed by atoms with Crippen LogP contribution < -0.4 is 14.9 Å². The SMILES string of the molecule is COc1cc(/C=N\NC(=O)c2ccc(I)c(O)c2)ccc1Oc1ccc([N+](=O)[O-])cc1[N+](=O)[O-]. The van der Waals surface area contributed by atoms with Crippen molar-refractivity contribution in [3.63, 3.8) is 0 Å². The minimum absolute atomic E-state index is 0.0224. The Morgan fingerprint density at radius 2 is 1.76 bits per heavy atom. The average Bonchev–Trinajstić information content (AvgIpc) is 2.81. The highest BCUT2D eigenvalue weighted by Gasteiger charge is 2.22. The third-order valence-corrected chi connectivity index (χ3v) is 5.26. The van der Waals surface area contributed by atoms with Crippen molar-refractivity contribution in [1.82, 2.24) is 5.43 Å². The van der Waals surface area contributed by atoms with Crippen molar-refractivity contribution in [3.8, 4) is 23.0 Å². The number of nitro benzene ring substituents is 2. The van der Waals surface area contributed by atoms with Crippen LogP contribution in [0.3, 0.4) is 0 Å². The van der Waals surface area contributed by atoms with E-state index < -0.39 is 27.1 Å². The van der Waals surface area contributed by atoms with E-state index in [1.165, 1.54) is 31.5 Å². The molecule has 0 fully saturated rings. The number of benzene rings is 3. The normalized spacial score (nSPS) is 10.6. The Hall–Kier alpha value is -4.27. The van der Waals surface area contributed by atoms with Crippen LogP contribution in [0.2, 0.25) is 0 Å². The maximum absolute atomic E-state index is 12.2. The number of amides is 1. The molecule has 0 aromatic heterocycles. The molecule has 3 rings (SSSR count). The van der Waals surface area contributed by atoms with E-state index in [2.05, 4.69) is 10.5 Å². The fourth-order valence-corrected chi connectivity index (χ4v) is 3.03. The molecule has 3 aromatic carbocycles. The smallest absolute Gasteiger partial charge is 0.318 e. The molecular weight excluding hydrogens is 563 g/mol. The average molecular weight is 578 g/mol. The highest BCUT2D eigenvalue weighted by atomic mass is 127. The van der Waals surface area contributed by atoms with E-state index in [-0.39, 0.29) is 28.6 Å². The number of nitrogens with one attached hydrogen (secondary N) is 1. The van der Waals surface area contributed by atoms with Crippen molar-refractivity contribution >= 4 is 46.1 Å². The second kappa shape index (κ2) is 10.6. The Morgan fingerprint density at radius 3 is 2.41 bits per heavy atom. The van der Waals surface area contributed by atoms with E-state index in [9.17, 15) is 30.1 Å². The summed E-state index contributed by atoms with van der Waals surface area (Å²) in [6.07, 6.45) is 1.34. The minimum atomic E-state index is -0.786. The zero-order valence-electron chi connectivity index (χ0n) is 17.3. The number of carbonyl (C=O) groups excluding carboxylic acids is 1. The first kappa shape index (κ1) is 24.4. The molecule has 174 valence electrons. The number of hydrogen-bond donors (Lipinski definition) is 2. The molecular formula is C21H15IN4O8. The number of methoxy groups -OCH3 is 1. The molecule has 0 saturated carbocycles. The van der Waals surface area contributed by atoms with Gasteiger partial charge in [-0.25, -0.2) is 5.43 Å². The fourth-order valence-electron chi connectivity index (χ4n) is 2.70. The molecule has 0 spiro atoms. The number of hydrogen-bond acceptors (Lipinski definition) is 9. The molecule has 0 atom stereocenters. The second-order valence-electron chi connectivity index (χ2n) is 6.54. The number of phenolic OH excluding ortho intramolecular Hbond substituents is 1. The van der Waals surface area contributed by atoms with Gasteiger partial charge in [-0.15, -0.1) is 0 Å². The van der Waals surface area contributed by atoms with Gasteiger partial charge in [0.15, 0.2) is 11.5 Å². The van der Waals surface area contributed by atoms with Gasteiger partial charge in [-0.1, -0.05) is 0 Å². The zero-order chi connectivity index (χ0) is 24.8. The second-order valence-corrected chi connectivity index (χ2v) is 7.71.